The lowest BCUT2D eigenvalue weighted by Gasteiger charge is -2.37. The summed E-state index contributed by atoms with van der Waals surface area (Å²) in [5.41, 5.74) is 2.07. The summed E-state index contributed by atoms with van der Waals surface area (Å²) in [4.78, 5) is 10.6. The summed E-state index contributed by atoms with van der Waals surface area (Å²) in [6, 6.07) is 12.5. The van der Waals surface area contributed by atoms with Gasteiger partial charge in [0.2, 0.25) is 0 Å². The maximum absolute atomic E-state index is 10.7. The summed E-state index contributed by atoms with van der Waals surface area (Å²) in [5.74, 6) is 0. The van der Waals surface area contributed by atoms with E-state index in [1.54, 1.807) is 6.20 Å². The molecule has 6 heteroatoms. The Morgan fingerprint density at radius 3 is 2.56 bits per heavy atom. The molecule has 1 saturated heterocycles. The van der Waals surface area contributed by atoms with Gasteiger partial charge < -0.3 is 10.0 Å². The zero-order valence-corrected chi connectivity index (χ0v) is 15.5. The minimum Gasteiger partial charge on any atom is -0.381 e. The van der Waals surface area contributed by atoms with Crippen LogP contribution in [0, 0.1) is 0 Å². The summed E-state index contributed by atoms with van der Waals surface area (Å²) in [6.07, 6.45) is 1.09. The van der Waals surface area contributed by atoms with Crippen LogP contribution in [0.15, 0.2) is 53.4 Å². The van der Waals surface area contributed by atoms with Crippen molar-refractivity contribution in [2.24, 2.45) is 0 Å². The number of piperazine rings is 1. The summed E-state index contributed by atoms with van der Waals surface area (Å²) in [5, 5.41) is 15.5. The number of aromatic nitrogens is 1. The number of rotatable bonds is 5. The number of nitrogens with zero attached hydrogens (tertiary/aromatic N) is 3. The molecular weight excluding hydrogens is 350 g/mol. The van der Waals surface area contributed by atoms with E-state index in [2.05, 4.69) is 38.4 Å². The van der Waals surface area contributed by atoms with Crippen molar-refractivity contribution in [3.8, 4) is 0 Å². The van der Waals surface area contributed by atoms with Gasteiger partial charge in [0.25, 0.3) is 0 Å². The molecule has 4 rings (SSSR count). The van der Waals surface area contributed by atoms with E-state index in [0.29, 0.717) is 0 Å². The highest BCUT2D eigenvalue weighted by Gasteiger charge is 2.23. The van der Waals surface area contributed by atoms with Crippen LogP contribution in [-0.4, -0.2) is 41.2 Å². The maximum Gasteiger partial charge on any atom is 0.132 e. The number of hydrogen-bond acceptors (Lipinski definition) is 6. The summed E-state index contributed by atoms with van der Waals surface area (Å²) < 4.78 is 0. The van der Waals surface area contributed by atoms with E-state index in [1.807, 2.05) is 34.9 Å². The number of para-hydroxylation sites is 1. The second kappa shape index (κ2) is 7.66. The summed E-state index contributed by atoms with van der Waals surface area (Å²) in [7, 11) is 0. The van der Waals surface area contributed by atoms with Gasteiger partial charge in [-0.1, -0.05) is 24.3 Å². The molecule has 0 bridgehead atoms. The number of benzene rings is 1. The normalized spacial score (nSPS) is 16.9. The minimum atomic E-state index is -0.652. The lowest BCUT2D eigenvalue weighted by molar-refractivity contribution is 0.218. The van der Waals surface area contributed by atoms with Crippen molar-refractivity contribution in [1.29, 1.82) is 0 Å². The first-order valence-electron chi connectivity index (χ1n) is 8.47. The van der Waals surface area contributed by atoms with Crippen LogP contribution in [0.25, 0.3) is 0 Å². The SMILES string of the molecule is O[C@@H](c1nccs1)c1ccccc1N1CCN(Cc2cccs2)CC1. The number of aliphatic hydroxyl groups is 1. The lowest BCUT2D eigenvalue weighted by atomic mass is 10.1. The fourth-order valence-electron chi connectivity index (χ4n) is 3.28. The quantitative estimate of drug-likeness (QED) is 0.744. The van der Waals surface area contributed by atoms with Crippen LogP contribution < -0.4 is 4.90 Å². The summed E-state index contributed by atoms with van der Waals surface area (Å²) >= 11 is 3.32. The molecule has 3 aromatic rings. The first-order valence-corrected chi connectivity index (χ1v) is 10.2. The third-order valence-corrected chi connectivity index (χ3v) is 6.28. The molecule has 1 fully saturated rings. The van der Waals surface area contributed by atoms with Crippen LogP contribution in [0.5, 0.6) is 0 Å². The van der Waals surface area contributed by atoms with Crippen molar-refractivity contribution in [3.63, 3.8) is 0 Å². The average molecular weight is 372 g/mol. The lowest BCUT2D eigenvalue weighted by Crippen LogP contribution is -2.46. The monoisotopic (exact) mass is 371 g/mol. The van der Waals surface area contributed by atoms with Gasteiger partial charge in [-0.25, -0.2) is 4.98 Å². The van der Waals surface area contributed by atoms with Gasteiger partial charge in [-0.15, -0.1) is 22.7 Å². The van der Waals surface area contributed by atoms with Gasteiger partial charge in [0.1, 0.15) is 11.1 Å². The minimum absolute atomic E-state index is 0.652. The number of thiophene rings is 1. The maximum atomic E-state index is 10.7. The van der Waals surface area contributed by atoms with E-state index in [9.17, 15) is 5.11 Å². The van der Waals surface area contributed by atoms with E-state index in [1.165, 1.54) is 16.2 Å². The molecule has 2 aromatic heterocycles. The van der Waals surface area contributed by atoms with Crippen molar-refractivity contribution in [2.45, 2.75) is 12.6 Å². The molecule has 1 atom stereocenters. The molecule has 3 heterocycles. The predicted molar refractivity (Wildman–Crippen MR) is 104 cm³/mol. The van der Waals surface area contributed by atoms with Gasteiger partial charge in [0.15, 0.2) is 0 Å². The van der Waals surface area contributed by atoms with Crippen LogP contribution in [0.3, 0.4) is 0 Å². The van der Waals surface area contributed by atoms with Gasteiger partial charge in [0, 0.05) is 60.4 Å². The highest BCUT2D eigenvalue weighted by Crippen LogP contribution is 2.32. The zero-order chi connectivity index (χ0) is 17.1. The predicted octanol–water partition coefficient (Wildman–Crippen LogP) is 3.61. The Morgan fingerprint density at radius 2 is 1.84 bits per heavy atom. The highest BCUT2D eigenvalue weighted by atomic mass is 32.1. The van der Waals surface area contributed by atoms with Crippen LogP contribution >= 0.6 is 22.7 Å². The van der Waals surface area contributed by atoms with E-state index in [4.69, 9.17) is 0 Å². The Balaban J connectivity index is 1.46. The Kier molecular flexibility index (Phi) is 5.12. The Hall–Kier alpha value is -1.73. The van der Waals surface area contributed by atoms with Crippen molar-refractivity contribution < 1.29 is 5.11 Å². The fraction of sp³-hybridized carbons (Fsp3) is 0.316. The van der Waals surface area contributed by atoms with Crippen molar-refractivity contribution in [3.05, 3.63) is 68.8 Å². The van der Waals surface area contributed by atoms with E-state index in [0.717, 1.165) is 49.0 Å². The standard InChI is InChI=1S/C19H21N3OS2/c23-18(19-20-7-13-25-19)16-5-1-2-6-17(16)22-10-8-21(9-11-22)14-15-4-3-12-24-15/h1-7,12-13,18,23H,8-11,14H2/t18-/m1/s1. The molecule has 1 aliphatic heterocycles. The van der Waals surface area contributed by atoms with Crippen molar-refractivity contribution in [1.82, 2.24) is 9.88 Å². The second-order valence-electron chi connectivity index (χ2n) is 6.17. The molecule has 0 unspecified atom stereocenters. The van der Waals surface area contributed by atoms with Crippen LogP contribution in [0.4, 0.5) is 5.69 Å². The van der Waals surface area contributed by atoms with E-state index < -0.39 is 6.10 Å². The molecule has 0 aliphatic carbocycles. The number of thiazole rings is 1. The molecule has 1 aromatic carbocycles. The van der Waals surface area contributed by atoms with Crippen LogP contribution in [-0.2, 0) is 6.54 Å². The first-order chi connectivity index (χ1) is 12.3. The Labute approximate surface area is 156 Å². The average Bonchev–Trinajstić information content (AvgIpc) is 3.36. The zero-order valence-electron chi connectivity index (χ0n) is 13.9. The van der Waals surface area contributed by atoms with Gasteiger partial charge in [-0.05, 0) is 17.5 Å². The third kappa shape index (κ3) is 3.77. The molecule has 0 saturated carbocycles. The van der Waals surface area contributed by atoms with Crippen LogP contribution in [0.1, 0.15) is 21.6 Å². The van der Waals surface area contributed by atoms with Gasteiger partial charge >= 0.3 is 0 Å². The third-order valence-electron chi connectivity index (χ3n) is 4.59. The summed E-state index contributed by atoms with van der Waals surface area (Å²) in [6.45, 7) is 5.08. The van der Waals surface area contributed by atoms with E-state index in [-0.39, 0.29) is 0 Å². The molecule has 1 N–H and O–H groups in total. The molecular formula is C19H21N3OS2. The van der Waals surface area contributed by atoms with Gasteiger partial charge in [-0.3, -0.25) is 4.90 Å². The topological polar surface area (TPSA) is 39.6 Å². The van der Waals surface area contributed by atoms with Crippen LogP contribution in [0.2, 0.25) is 0 Å². The fourth-order valence-corrected chi connectivity index (χ4v) is 4.66. The number of hydrogen-bond donors (Lipinski definition) is 1. The largest absolute Gasteiger partial charge is 0.381 e. The molecule has 130 valence electrons. The number of anilines is 1. The molecule has 0 amide bonds. The second-order valence-corrected chi connectivity index (χ2v) is 8.13. The molecule has 0 radical (unpaired) electrons. The first kappa shape index (κ1) is 16.7. The van der Waals surface area contributed by atoms with Crippen molar-refractivity contribution >= 4 is 28.4 Å². The van der Waals surface area contributed by atoms with Crippen molar-refractivity contribution in [2.75, 3.05) is 31.1 Å². The smallest absolute Gasteiger partial charge is 0.132 e. The highest BCUT2D eigenvalue weighted by molar-refractivity contribution is 7.10. The molecule has 0 spiro atoms. The molecule has 1 aliphatic rings. The van der Waals surface area contributed by atoms with E-state index >= 15 is 0 Å². The van der Waals surface area contributed by atoms with Gasteiger partial charge in [-0.2, -0.15) is 0 Å². The molecule has 4 nitrogen and oxygen atoms in total. The molecule has 25 heavy (non-hydrogen) atoms. The Bertz CT molecular complexity index is 781. The van der Waals surface area contributed by atoms with Gasteiger partial charge in [0.05, 0.1) is 0 Å². The number of aliphatic hydroxyl groups excluding tert-OH is 1. The Morgan fingerprint density at radius 1 is 1.00 bits per heavy atom.